The molecule has 0 atom stereocenters. The lowest BCUT2D eigenvalue weighted by Gasteiger charge is -2.33. The average Bonchev–Trinajstić information content (AvgIpc) is 3.28. The number of halogens is 2. The van der Waals surface area contributed by atoms with Crippen molar-refractivity contribution in [1.82, 2.24) is 29.7 Å². The molecular weight excluding hydrogens is 923 g/mol. The number of likely N-dealkylation sites (tertiary alicyclic amines) is 2. The minimum Gasteiger partial charge on any atom is -0.496 e. The number of nitrogens with one attached hydrogen (secondary N) is 1. The second kappa shape index (κ2) is 23.5. The van der Waals surface area contributed by atoms with Gasteiger partial charge in [-0.05, 0) is 104 Å². The van der Waals surface area contributed by atoms with Crippen LogP contribution in [-0.2, 0) is 19.3 Å². The van der Waals surface area contributed by atoms with Crippen LogP contribution >= 0.6 is 0 Å². The molecule has 0 unspecified atom stereocenters. The van der Waals surface area contributed by atoms with E-state index in [1.807, 2.05) is 41.5 Å². The topological polar surface area (TPSA) is 287 Å². The largest absolute Gasteiger partial charge is 0.496 e. The van der Waals surface area contributed by atoms with Gasteiger partial charge in [-0.1, -0.05) is 6.92 Å². The van der Waals surface area contributed by atoms with Crippen molar-refractivity contribution in [1.29, 1.82) is 0 Å². The third-order valence-electron chi connectivity index (χ3n) is 10.2. The second-order valence-electron chi connectivity index (χ2n) is 17.9. The lowest BCUT2D eigenvalue weighted by Crippen LogP contribution is -2.44. The van der Waals surface area contributed by atoms with E-state index in [4.69, 9.17) is 36.1 Å². The molecule has 2 amide bonds. The Morgan fingerprint density at radius 2 is 1.12 bits per heavy atom. The standard InChI is InChI=1S/C22H28FN5O4.C14H14FN3O4S.C10H20N2O2/c1-22(2,3)32-21(30)28-9-7-14(8-10-28)26-20-25-12-16(19(24)27-20)18(29)15-11-13(23)5-6-17(15)31-4;1-3-23(20,21)14-17-7-10(13(16)18-14)12(19)9-6-8(15)4-5-11(9)22-2;1-10(2,3)14-9(13)12-6-4-8(11)5-7-12/h5-6,11-12,14H,7-10H2,1-4H3,(H3,24,25,26,27);4-7H,3H2,1-2H3,(H2,16,17,18);8H,4-7,11H2,1-3H3. The van der Waals surface area contributed by atoms with Crippen LogP contribution in [-0.4, -0.2) is 131 Å². The summed E-state index contributed by atoms with van der Waals surface area (Å²) >= 11 is 0. The van der Waals surface area contributed by atoms with Crippen molar-refractivity contribution in [2.24, 2.45) is 5.73 Å². The van der Waals surface area contributed by atoms with Crippen molar-refractivity contribution >= 4 is 51.2 Å². The van der Waals surface area contributed by atoms with Crippen molar-refractivity contribution in [2.45, 2.75) is 103 Å². The number of hydrogen-bond donors (Lipinski definition) is 4. The van der Waals surface area contributed by atoms with E-state index in [1.165, 1.54) is 45.5 Å². The molecule has 69 heavy (non-hydrogen) atoms. The number of ether oxygens (including phenoxy) is 4. The third-order valence-corrected chi connectivity index (χ3v) is 11.8. The van der Waals surface area contributed by atoms with Crippen molar-refractivity contribution in [3.63, 3.8) is 0 Å². The van der Waals surface area contributed by atoms with Crippen molar-refractivity contribution in [3.05, 3.63) is 82.7 Å². The van der Waals surface area contributed by atoms with Crippen LogP contribution in [0.15, 0.2) is 53.9 Å². The predicted molar refractivity (Wildman–Crippen MR) is 253 cm³/mol. The maximum absolute atomic E-state index is 13.6. The summed E-state index contributed by atoms with van der Waals surface area (Å²) in [7, 11) is -0.918. The normalized spacial score (nSPS) is 14.6. The molecule has 4 aromatic rings. The summed E-state index contributed by atoms with van der Waals surface area (Å²) in [5.41, 5.74) is 16.4. The fourth-order valence-electron chi connectivity index (χ4n) is 6.60. The van der Waals surface area contributed by atoms with Gasteiger partial charge in [0.15, 0.2) is 0 Å². The van der Waals surface area contributed by atoms with Crippen LogP contribution in [0.4, 0.5) is 36.0 Å². The van der Waals surface area contributed by atoms with E-state index in [0.717, 1.165) is 50.3 Å². The molecule has 0 bridgehead atoms. The molecule has 0 aliphatic carbocycles. The van der Waals surface area contributed by atoms with Crippen molar-refractivity contribution < 1.29 is 55.3 Å². The van der Waals surface area contributed by atoms with Crippen LogP contribution in [0.25, 0.3) is 0 Å². The zero-order valence-electron chi connectivity index (χ0n) is 40.3. The maximum atomic E-state index is 13.6. The monoisotopic (exact) mass is 984 g/mol. The first kappa shape index (κ1) is 54.9. The first-order chi connectivity index (χ1) is 32.2. The van der Waals surface area contributed by atoms with Crippen molar-refractivity contribution in [2.75, 3.05) is 62.9 Å². The van der Waals surface area contributed by atoms with E-state index in [-0.39, 0.29) is 81.4 Å². The van der Waals surface area contributed by atoms with Crippen LogP contribution in [0.1, 0.15) is 106 Å². The van der Waals surface area contributed by atoms with E-state index in [9.17, 15) is 36.4 Å². The summed E-state index contributed by atoms with van der Waals surface area (Å²) in [5.74, 6) is -2.25. The molecule has 2 aliphatic rings. The molecule has 0 saturated carbocycles. The Hall–Kier alpha value is -6.75. The van der Waals surface area contributed by atoms with Crippen LogP contribution in [0.2, 0.25) is 0 Å². The Labute approximate surface area is 400 Å². The number of amides is 2. The third kappa shape index (κ3) is 15.9. The molecule has 2 saturated heterocycles. The van der Waals surface area contributed by atoms with Gasteiger partial charge in [0.1, 0.15) is 46.0 Å². The van der Waals surface area contributed by atoms with E-state index in [0.29, 0.717) is 25.9 Å². The predicted octanol–water partition coefficient (Wildman–Crippen LogP) is 5.82. The van der Waals surface area contributed by atoms with Gasteiger partial charge < -0.3 is 51.3 Å². The number of hydrogen-bond acceptors (Lipinski definition) is 18. The smallest absolute Gasteiger partial charge is 0.410 e. The Kier molecular flexibility index (Phi) is 18.7. The first-order valence-corrected chi connectivity index (χ1v) is 23.6. The zero-order valence-corrected chi connectivity index (χ0v) is 41.1. The highest BCUT2D eigenvalue weighted by Gasteiger charge is 2.29. The molecule has 0 radical (unpaired) electrons. The summed E-state index contributed by atoms with van der Waals surface area (Å²) < 4.78 is 71.3. The molecule has 2 aromatic heterocycles. The second-order valence-corrected chi connectivity index (χ2v) is 20.1. The van der Waals surface area contributed by atoms with E-state index >= 15 is 0 Å². The zero-order chi connectivity index (χ0) is 51.4. The molecule has 7 N–H and O–H groups in total. The van der Waals surface area contributed by atoms with Gasteiger partial charge in [0.05, 0.1) is 42.2 Å². The number of rotatable bonds is 10. The van der Waals surface area contributed by atoms with Crippen LogP contribution < -0.4 is 32.0 Å². The Morgan fingerprint density at radius 3 is 1.51 bits per heavy atom. The van der Waals surface area contributed by atoms with Gasteiger partial charge in [0, 0.05) is 50.7 Å². The highest BCUT2D eigenvalue weighted by Crippen LogP contribution is 2.27. The SMILES string of the molecule is CC(C)(C)OC(=O)N1CCC(N)CC1.CCS(=O)(=O)c1ncc(C(=O)c2cc(F)ccc2OC)c(N)n1.COc1ccc(F)cc1C(=O)c1cnc(NC2CCN(C(=O)OC(C)(C)C)CC2)nc1N. The first-order valence-electron chi connectivity index (χ1n) is 22.0. The molecule has 2 aromatic carbocycles. The van der Waals surface area contributed by atoms with E-state index in [2.05, 4.69) is 25.3 Å². The molecule has 0 spiro atoms. The number of anilines is 3. The number of ketones is 2. The maximum Gasteiger partial charge on any atom is 0.410 e. The average molecular weight is 985 g/mol. The van der Waals surface area contributed by atoms with Gasteiger partial charge in [0.2, 0.25) is 32.5 Å². The number of nitrogen functional groups attached to an aromatic ring is 2. The van der Waals surface area contributed by atoms with Crippen LogP contribution in [0.5, 0.6) is 11.5 Å². The van der Waals surface area contributed by atoms with Gasteiger partial charge in [-0.15, -0.1) is 0 Å². The molecule has 23 heteroatoms. The Bertz CT molecular complexity index is 2580. The van der Waals surface area contributed by atoms with Gasteiger partial charge in [-0.2, -0.15) is 4.98 Å². The van der Waals surface area contributed by atoms with Crippen LogP contribution in [0.3, 0.4) is 0 Å². The summed E-state index contributed by atoms with van der Waals surface area (Å²) in [6.07, 6.45) is 4.90. The number of methoxy groups -OCH3 is 2. The Morgan fingerprint density at radius 1 is 0.696 bits per heavy atom. The molecule has 2 aliphatic heterocycles. The molecule has 2 fully saturated rings. The highest BCUT2D eigenvalue weighted by molar-refractivity contribution is 7.91. The van der Waals surface area contributed by atoms with E-state index in [1.54, 1.807) is 9.80 Å². The van der Waals surface area contributed by atoms with Crippen LogP contribution in [0, 0.1) is 11.6 Å². The summed E-state index contributed by atoms with van der Waals surface area (Å²) in [5, 5.41) is 2.73. The number of carbonyl (C=O) groups excluding carboxylic acids is 4. The minimum atomic E-state index is -3.65. The molecule has 20 nitrogen and oxygen atoms in total. The van der Waals surface area contributed by atoms with Gasteiger partial charge in [0.25, 0.3) is 0 Å². The number of sulfone groups is 1. The molecule has 4 heterocycles. The van der Waals surface area contributed by atoms with Gasteiger partial charge >= 0.3 is 12.2 Å². The van der Waals surface area contributed by atoms with E-state index < -0.39 is 49.4 Å². The Balaban J connectivity index is 0.000000244. The number of nitrogens with two attached hydrogens (primary N) is 3. The lowest BCUT2D eigenvalue weighted by molar-refractivity contribution is 0.0197. The van der Waals surface area contributed by atoms with Gasteiger partial charge in [-0.3, -0.25) is 9.59 Å². The number of carbonyl (C=O) groups is 4. The van der Waals surface area contributed by atoms with Crippen molar-refractivity contribution in [3.8, 4) is 11.5 Å². The molecule has 6 rings (SSSR count). The minimum absolute atomic E-state index is 0.0231. The number of piperidine rings is 2. The van der Waals surface area contributed by atoms with Gasteiger partial charge in [-0.25, -0.2) is 41.7 Å². The quantitative estimate of drug-likeness (QED) is 0.107. The number of aromatic nitrogens is 4. The summed E-state index contributed by atoms with van der Waals surface area (Å²) in [6, 6.07) is 7.40. The molecular formula is C46H62F2N10O10S. The highest BCUT2D eigenvalue weighted by atomic mass is 32.2. The lowest BCUT2D eigenvalue weighted by atomic mass is 10.0. The number of benzene rings is 2. The summed E-state index contributed by atoms with van der Waals surface area (Å²) in [6.45, 7) is 15.1. The fourth-order valence-corrected chi connectivity index (χ4v) is 7.31. The molecule has 376 valence electrons. The summed E-state index contributed by atoms with van der Waals surface area (Å²) in [4.78, 5) is 68.2. The number of nitrogens with zero attached hydrogens (tertiary/aromatic N) is 6. The fraction of sp³-hybridized carbons (Fsp3) is 0.478.